The first-order valence-corrected chi connectivity index (χ1v) is 5.89. The molecular formula is C13H21ClN2O2. The van der Waals surface area contributed by atoms with E-state index < -0.39 is 0 Å². The second kappa shape index (κ2) is 9.88. The average Bonchev–Trinajstić information content (AvgIpc) is 2.35. The Morgan fingerprint density at radius 3 is 2.61 bits per heavy atom. The number of hydrogen-bond donors (Lipinski definition) is 2. The van der Waals surface area contributed by atoms with Crippen LogP contribution in [0.15, 0.2) is 24.3 Å². The van der Waals surface area contributed by atoms with Gasteiger partial charge in [0, 0.05) is 26.1 Å². The van der Waals surface area contributed by atoms with Crippen LogP contribution < -0.4 is 11.1 Å². The highest BCUT2D eigenvalue weighted by Crippen LogP contribution is 2.09. The summed E-state index contributed by atoms with van der Waals surface area (Å²) < 4.78 is 5.38. The molecule has 0 atom stereocenters. The van der Waals surface area contributed by atoms with E-state index in [0.717, 1.165) is 11.1 Å². The number of ether oxygens (including phenoxy) is 1. The third-order valence-corrected chi connectivity index (χ3v) is 2.43. The fourth-order valence-corrected chi connectivity index (χ4v) is 1.50. The van der Waals surface area contributed by atoms with Crippen molar-refractivity contribution in [1.29, 1.82) is 0 Å². The van der Waals surface area contributed by atoms with Crippen molar-refractivity contribution in [2.24, 2.45) is 5.73 Å². The summed E-state index contributed by atoms with van der Waals surface area (Å²) in [5, 5.41) is 2.84. The molecule has 1 rings (SSSR count). The van der Waals surface area contributed by atoms with E-state index in [2.05, 4.69) is 5.32 Å². The van der Waals surface area contributed by atoms with Crippen molar-refractivity contribution >= 4 is 18.3 Å². The molecule has 102 valence electrons. The van der Waals surface area contributed by atoms with Gasteiger partial charge < -0.3 is 15.8 Å². The molecule has 0 aliphatic carbocycles. The molecule has 0 spiro atoms. The number of carbonyl (C=O) groups excluding carboxylic acids is 1. The maximum Gasteiger partial charge on any atom is 0.221 e. The normalized spacial score (nSPS) is 9.67. The zero-order valence-corrected chi connectivity index (χ0v) is 11.5. The van der Waals surface area contributed by atoms with Crippen LogP contribution >= 0.6 is 12.4 Å². The molecule has 3 N–H and O–H groups in total. The van der Waals surface area contributed by atoms with E-state index in [1.54, 1.807) is 0 Å². The molecule has 0 aliphatic heterocycles. The Balaban J connectivity index is 0.00000289. The predicted molar refractivity (Wildman–Crippen MR) is 74.5 cm³/mol. The summed E-state index contributed by atoms with van der Waals surface area (Å²) in [5.74, 6) is -0.0151. The van der Waals surface area contributed by atoms with Gasteiger partial charge in [-0.15, -0.1) is 12.4 Å². The number of carbonyl (C=O) groups is 1. The second-order valence-electron chi connectivity index (χ2n) is 3.72. The predicted octanol–water partition coefficient (Wildman–Crippen LogP) is 1.61. The summed E-state index contributed by atoms with van der Waals surface area (Å²) in [7, 11) is 0. The third kappa shape index (κ3) is 6.00. The van der Waals surface area contributed by atoms with Gasteiger partial charge in [0.15, 0.2) is 0 Å². The summed E-state index contributed by atoms with van der Waals surface area (Å²) in [6.07, 6.45) is 0.369. The third-order valence-electron chi connectivity index (χ3n) is 2.43. The van der Waals surface area contributed by atoms with E-state index in [1.807, 2.05) is 31.2 Å². The molecule has 1 amide bonds. The molecule has 0 bridgehead atoms. The van der Waals surface area contributed by atoms with Crippen LogP contribution in [0.25, 0.3) is 0 Å². The molecule has 0 heterocycles. The smallest absolute Gasteiger partial charge is 0.221 e. The number of hydrogen-bond acceptors (Lipinski definition) is 3. The summed E-state index contributed by atoms with van der Waals surface area (Å²) in [6, 6.07) is 7.94. The van der Waals surface area contributed by atoms with E-state index in [9.17, 15) is 4.79 Å². The minimum absolute atomic E-state index is 0. The van der Waals surface area contributed by atoms with Gasteiger partial charge in [-0.05, 0) is 18.1 Å². The number of halogens is 1. The lowest BCUT2D eigenvalue weighted by Crippen LogP contribution is -2.25. The number of amides is 1. The zero-order chi connectivity index (χ0) is 12.5. The Bertz CT molecular complexity index is 359. The lowest BCUT2D eigenvalue weighted by atomic mass is 10.1. The molecule has 0 fully saturated rings. The van der Waals surface area contributed by atoms with Crippen LogP contribution in [0.2, 0.25) is 0 Å². The number of nitrogens with two attached hydrogens (primary N) is 1. The van der Waals surface area contributed by atoms with Crippen molar-refractivity contribution in [3.8, 4) is 0 Å². The van der Waals surface area contributed by atoms with Crippen molar-refractivity contribution < 1.29 is 9.53 Å². The van der Waals surface area contributed by atoms with Crippen LogP contribution in [0.4, 0.5) is 0 Å². The summed E-state index contributed by atoms with van der Waals surface area (Å²) >= 11 is 0. The van der Waals surface area contributed by atoms with E-state index in [4.69, 9.17) is 10.5 Å². The maximum atomic E-state index is 11.3. The molecule has 5 heteroatoms. The largest absolute Gasteiger partial charge is 0.377 e. The van der Waals surface area contributed by atoms with Gasteiger partial charge in [-0.1, -0.05) is 24.3 Å². The molecule has 1 aromatic rings. The second-order valence-corrected chi connectivity index (χ2v) is 3.72. The van der Waals surface area contributed by atoms with Gasteiger partial charge in [-0.25, -0.2) is 0 Å². The zero-order valence-electron chi connectivity index (χ0n) is 10.6. The van der Waals surface area contributed by atoms with Crippen LogP contribution in [-0.2, 0) is 22.7 Å². The molecule has 18 heavy (non-hydrogen) atoms. The number of nitrogens with one attached hydrogen (secondary N) is 1. The Morgan fingerprint density at radius 2 is 2.00 bits per heavy atom. The Labute approximate surface area is 114 Å². The Morgan fingerprint density at radius 1 is 1.33 bits per heavy atom. The van der Waals surface area contributed by atoms with Gasteiger partial charge in [0.2, 0.25) is 5.91 Å². The molecule has 0 aromatic heterocycles. The number of benzene rings is 1. The van der Waals surface area contributed by atoms with E-state index in [1.165, 1.54) is 0 Å². The molecular weight excluding hydrogens is 252 g/mol. The molecule has 0 aliphatic rings. The summed E-state index contributed by atoms with van der Waals surface area (Å²) in [4.78, 5) is 11.3. The standard InChI is InChI=1S/C13H20N2O2.ClH/c1-2-17-10-12-6-4-3-5-11(12)9-15-13(16)7-8-14;/h3-6H,2,7-10,14H2,1H3,(H,15,16);1H. The fourth-order valence-electron chi connectivity index (χ4n) is 1.50. The SMILES string of the molecule is CCOCc1ccccc1CNC(=O)CCN.Cl. The highest BCUT2D eigenvalue weighted by molar-refractivity contribution is 5.85. The van der Waals surface area contributed by atoms with Gasteiger partial charge in [-0.2, -0.15) is 0 Å². The molecule has 0 saturated carbocycles. The molecule has 0 radical (unpaired) electrons. The highest BCUT2D eigenvalue weighted by Gasteiger charge is 2.04. The van der Waals surface area contributed by atoms with Gasteiger partial charge in [0.05, 0.1) is 6.61 Å². The summed E-state index contributed by atoms with van der Waals surface area (Å²) in [6.45, 7) is 4.15. The van der Waals surface area contributed by atoms with Crippen LogP contribution in [0.5, 0.6) is 0 Å². The number of rotatable bonds is 7. The van der Waals surface area contributed by atoms with Crippen LogP contribution in [-0.4, -0.2) is 19.1 Å². The van der Waals surface area contributed by atoms with Gasteiger partial charge >= 0.3 is 0 Å². The Hall–Kier alpha value is -1.10. The monoisotopic (exact) mass is 272 g/mol. The van der Waals surface area contributed by atoms with Gasteiger partial charge in [0.25, 0.3) is 0 Å². The molecule has 0 saturated heterocycles. The average molecular weight is 273 g/mol. The van der Waals surface area contributed by atoms with E-state index in [0.29, 0.717) is 32.7 Å². The van der Waals surface area contributed by atoms with E-state index in [-0.39, 0.29) is 18.3 Å². The molecule has 0 unspecified atom stereocenters. The van der Waals surface area contributed by atoms with E-state index >= 15 is 0 Å². The van der Waals surface area contributed by atoms with Crippen LogP contribution in [0.3, 0.4) is 0 Å². The van der Waals surface area contributed by atoms with Crippen molar-refractivity contribution in [3.63, 3.8) is 0 Å². The first-order chi connectivity index (χ1) is 8.27. The molecule has 4 nitrogen and oxygen atoms in total. The minimum Gasteiger partial charge on any atom is -0.377 e. The first-order valence-electron chi connectivity index (χ1n) is 5.89. The summed E-state index contributed by atoms with van der Waals surface area (Å²) in [5.41, 5.74) is 7.52. The maximum absolute atomic E-state index is 11.3. The first kappa shape index (κ1) is 16.9. The van der Waals surface area contributed by atoms with Crippen molar-refractivity contribution in [3.05, 3.63) is 35.4 Å². The quantitative estimate of drug-likeness (QED) is 0.793. The highest BCUT2D eigenvalue weighted by atomic mass is 35.5. The van der Waals surface area contributed by atoms with Crippen molar-refractivity contribution in [2.45, 2.75) is 26.5 Å². The minimum atomic E-state index is -0.0151. The topological polar surface area (TPSA) is 64.3 Å². The van der Waals surface area contributed by atoms with Crippen molar-refractivity contribution in [1.82, 2.24) is 5.32 Å². The Kier molecular flexibility index (Phi) is 9.28. The molecule has 1 aromatic carbocycles. The van der Waals surface area contributed by atoms with Crippen LogP contribution in [0.1, 0.15) is 24.5 Å². The van der Waals surface area contributed by atoms with Gasteiger partial charge in [0.1, 0.15) is 0 Å². The van der Waals surface area contributed by atoms with Crippen molar-refractivity contribution in [2.75, 3.05) is 13.2 Å². The fraction of sp³-hybridized carbons (Fsp3) is 0.462. The lowest BCUT2D eigenvalue weighted by molar-refractivity contribution is -0.121. The van der Waals surface area contributed by atoms with Gasteiger partial charge in [-0.3, -0.25) is 4.79 Å². The van der Waals surface area contributed by atoms with Crippen LogP contribution in [0, 0.1) is 0 Å². The lowest BCUT2D eigenvalue weighted by Gasteiger charge is -2.10.